The Morgan fingerprint density at radius 3 is 1.34 bits per heavy atom. The monoisotopic (exact) mass is 571 g/mol. The summed E-state index contributed by atoms with van der Waals surface area (Å²) in [4.78, 5) is 4.15. The SMILES string of the molecule is N#Cc1ccc(N(c2ccc(C#N)cc2)c2ccc(-c3cccc(N(c4ccc(N)cc4)c4ccc(F)cc4)c3)cc2)cc1. The maximum atomic E-state index is 13.8. The van der Waals surface area contributed by atoms with E-state index in [0.29, 0.717) is 16.8 Å². The Balaban J connectivity index is 1.37. The molecule has 6 aromatic carbocycles. The molecule has 0 aliphatic heterocycles. The highest BCUT2D eigenvalue weighted by Gasteiger charge is 2.15. The van der Waals surface area contributed by atoms with Gasteiger partial charge >= 0.3 is 0 Å². The summed E-state index contributed by atoms with van der Waals surface area (Å²) in [7, 11) is 0. The van der Waals surface area contributed by atoms with E-state index in [2.05, 4.69) is 58.3 Å². The van der Waals surface area contributed by atoms with Crippen LogP contribution in [0.15, 0.2) is 146 Å². The van der Waals surface area contributed by atoms with Gasteiger partial charge in [-0.1, -0.05) is 24.3 Å². The lowest BCUT2D eigenvalue weighted by molar-refractivity contribution is 0.628. The van der Waals surface area contributed by atoms with Gasteiger partial charge in [-0.15, -0.1) is 0 Å². The smallest absolute Gasteiger partial charge is 0.123 e. The lowest BCUT2D eigenvalue weighted by Gasteiger charge is -2.26. The van der Waals surface area contributed by atoms with Crippen molar-refractivity contribution in [1.29, 1.82) is 10.5 Å². The van der Waals surface area contributed by atoms with Crippen LogP contribution in [-0.4, -0.2) is 0 Å². The average molecular weight is 572 g/mol. The van der Waals surface area contributed by atoms with Gasteiger partial charge < -0.3 is 15.5 Å². The highest BCUT2D eigenvalue weighted by Crippen LogP contribution is 2.39. The van der Waals surface area contributed by atoms with Crippen molar-refractivity contribution >= 4 is 39.8 Å². The molecule has 210 valence electrons. The highest BCUT2D eigenvalue weighted by atomic mass is 19.1. The molecular formula is C38H26FN5. The molecule has 6 heteroatoms. The van der Waals surface area contributed by atoms with E-state index < -0.39 is 0 Å². The van der Waals surface area contributed by atoms with Crippen molar-refractivity contribution < 1.29 is 4.39 Å². The number of anilines is 7. The molecule has 0 aliphatic carbocycles. The molecule has 44 heavy (non-hydrogen) atoms. The average Bonchev–Trinajstić information content (AvgIpc) is 3.08. The number of nitrogens with two attached hydrogens (primary N) is 1. The van der Waals surface area contributed by atoms with Crippen LogP contribution in [0.25, 0.3) is 11.1 Å². The molecule has 0 heterocycles. The predicted octanol–water partition coefficient (Wildman–Crippen LogP) is 9.76. The molecular weight excluding hydrogens is 545 g/mol. The van der Waals surface area contributed by atoms with Crippen LogP contribution in [0.5, 0.6) is 0 Å². The van der Waals surface area contributed by atoms with Crippen LogP contribution in [0, 0.1) is 28.5 Å². The van der Waals surface area contributed by atoms with Crippen LogP contribution in [-0.2, 0) is 0 Å². The number of nitrogen functional groups attached to an aromatic ring is 1. The zero-order valence-electron chi connectivity index (χ0n) is 23.6. The van der Waals surface area contributed by atoms with Crippen molar-refractivity contribution in [3.63, 3.8) is 0 Å². The topological polar surface area (TPSA) is 80.1 Å². The Hall–Kier alpha value is -6.37. The largest absolute Gasteiger partial charge is 0.399 e. The minimum atomic E-state index is -0.295. The Morgan fingerprint density at radius 2 is 0.864 bits per heavy atom. The Kier molecular flexibility index (Phi) is 7.73. The van der Waals surface area contributed by atoms with Gasteiger partial charge in [-0.2, -0.15) is 10.5 Å². The van der Waals surface area contributed by atoms with E-state index in [4.69, 9.17) is 5.73 Å². The second-order valence-corrected chi connectivity index (χ2v) is 10.2. The van der Waals surface area contributed by atoms with E-state index >= 15 is 0 Å². The zero-order chi connectivity index (χ0) is 30.5. The quantitative estimate of drug-likeness (QED) is 0.193. The maximum Gasteiger partial charge on any atom is 0.123 e. The summed E-state index contributed by atoms with van der Waals surface area (Å²) in [5, 5.41) is 18.6. The summed E-state index contributed by atoms with van der Waals surface area (Å²) < 4.78 is 13.8. The molecule has 0 amide bonds. The molecule has 0 radical (unpaired) electrons. The predicted molar refractivity (Wildman–Crippen MR) is 175 cm³/mol. The minimum Gasteiger partial charge on any atom is -0.399 e. The number of halogens is 1. The summed E-state index contributed by atoms with van der Waals surface area (Å²) in [5.74, 6) is -0.295. The number of rotatable bonds is 7. The third kappa shape index (κ3) is 5.83. The first-order chi connectivity index (χ1) is 21.5. The van der Waals surface area contributed by atoms with Crippen LogP contribution in [0.2, 0.25) is 0 Å². The third-order valence-corrected chi connectivity index (χ3v) is 7.31. The van der Waals surface area contributed by atoms with Gasteiger partial charge in [0.25, 0.3) is 0 Å². The second-order valence-electron chi connectivity index (χ2n) is 10.2. The van der Waals surface area contributed by atoms with Crippen molar-refractivity contribution in [2.45, 2.75) is 0 Å². The van der Waals surface area contributed by atoms with Gasteiger partial charge in [0.2, 0.25) is 0 Å². The van der Waals surface area contributed by atoms with Crippen LogP contribution in [0.1, 0.15) is 11.1 Å². The van der Waals surface area contributed by atoms with Gasteiger partial charge in [0, 0.05) is 39.8 Å². The van der Waals surface area contributed by atoms with Crippen LogP contribution < -0.4 is 15.5 Å². The Labute approximate surface area is 255 Å². The number of hydrogen-bond donors (Lipinski definition) is 1. The van der Waals surface area contributed by atoms with Crippen molar-refractivity contribution in [3.8, 4) is 23.3 Å². The summed E-state index contributed by atoms with van der Waals surface area (Å²) in [6.07, 6.45) is 0. The second kappa shape index (κ2) is 12.2. The zero-order valence-corrected chi connectivity index (χ0v) is 23.6. The Morgan fingerprint density at radius 1 is 0.455 bits per heavy atom. The van der Waals surface area contributed by atoms with Crippen molar-refractivity contribution in [2.24, 2.45) is 0 Å². The first-order valence-electron chi connectivity index (χ1n) is 13.9. The van der Waals surface area contributed by atoms with Gasteiger partial charge in [0.05, 0.1) is 23.3 Å². The molecule has 0 aromatic heterocycles. The van der Waals surface area contributed by atoms with Gasteiger partial charge in [-0.05, 0) is 132 Å². The van der Waals surface area contributed by atoms with E-state index in [1.54, 1.807) is 36.4 Å². The minimum absolute atomic E-state index is 0.295. The molecule has 0 saturated carbocycles. The molecule has 6 aromatic rings. The third-order valence-electron chi connectivity index (χ3n) is 7.31. The van der Waals surface area contributed by atoms with E-state index in [9.17, 15) is 14.9 Å². The molecule has 6 rings (SSSR count). The fourth-order valence-corrected chi connectivity index (χ4v) is 5.11. The molecule has 5 nitrogen and oxygen atoms in total. The standard InChI is InChI=1S/C38H26FN5/c39-31-10-20-36(21-11-31)44(37-22-12-32(42)13-23-37)38-3-1-2-30(24-38)29-8-18-35(19-9-29)43(33-14-4-27(25-40)5-15-33)34-16-6-28(26-41)7-17-34/h1-24H,42H2. The first kappa shape index (κ1) is 27.8. The number of nitrogens with zero attached hydrogens (tertiary/aromatic N) is 4. The molecule has 0 atom stereocenters. The van der Waals surface area contributed by atoms with Gasteiger partial charge in [0.1, 0.15) is 5.82 Å². The van der Waals surface area contributed by atoms with E-state index in [0.717, 1.165) is 45.3 Å². The normalized spacial score (nSPS) is 10.4. The summed E-state index contributed by atoms with van der Waals surface area (Å²) >= 11 is 0. The first-order valence-corrected chi connectivity index (χ1v) is 13.9. The van der Waals surface area contributed by atoms with Crippen molar-refractivity contribution in [3.05, 3.63) is 163 Å². The molecule has 0 saturated heterocycles. The summed E-state index contributed by atoms with van der Waals surface area (Å²) in [6, 6.07) is 49.6. The number of nitriles is 2. The fourth-order valence-electron chi connectivity index (χ4n) is 5.11. The number of hydrogen-bond acceptors (Lipinski definition) is 5. The van der Waals surface area contributed by atoms with Crippen LogP contribution in [0.4, 0.5) is 44.2 Å². The molecule has 0 bridgehead atoms. The van der Waals surface area contributed by atoms with E-state index in [1.807, 2.05) is 60.7 Å². The maximum absolute atomic E-state index is 13.8. The summed E-state index contributed by atoms with van der Waals surface area (Å²) in [5.41, 5.74) is 15.2. The lowest BCUT2D eigenvalue weighted by atomic mass is 10.0. The van der Waals surface area contributed by atoms with Gasteiger partial charge in [-0.3, -0.25) is 0 Å². The van der Waals surface area contributed by atoms with Crippen LogP contribution >= 0.6 is 0 Å². The molecule has 0 aliphatic rings. The van der Waals surface area contributed by atoms with Crippen molar-refractivity contribution in [2.75, 3.05) is 15.5 Å². The molecule has 2 N–H and O–H groups in total. The lowest BCUT2D eigenvalue weighted by Crippen LogP contribution is -2.10. The molecule has 0 spiro atoms. The van der Waals surface area contributed by atoms with E-state index in [1.165, 1.54) is 12.1 Å². The summed E-state index contributed by atoms with van der Waals surface area (Å²) in [6.45, 7) is 0. The molecule has 0 fully saturated rings. The molecule has 0 unspecified atom stereocenters. The van der Waals surface area contributed by atoms with E-state index in [-0.39, 0.29) is 5.82 Å². The van der Waals surface area contributed by atoms with Gasteiger partial charge in [-0.25, -0.2) is 4.39 Å². The van der Waals surface area contributed by atoms with Crippen LogP contribution in [0.3, 0.4) is 0 Å². The van der Waals surface area contributed by atoms with Crippen molar-refractivity contribution in [1.82, 2.24) is 0 Å². The Bertz CT molecular complexity index is 1870. The number of benzene rings is 6. The highest BCUT2D eigenvalue weighted by molar-refractivity contribution is 5.82. The van der Waals surface area contributed by atoms with Gasteiger partial charge in [0.15, 0.2) is 0 Å². The fraction of sp³-hybridized carbons (Fsp3) is 0.